The van der Waals surface area contributed by atoms with Gasteiger partial charge < -0.3 is 8.98 Å². The SMILES string of the molecule is C1=CC(n2c3ccccc3c3ccc(-c4ccc5oc6cc7c(cc6c5c4)C4(CCCCC4)c4ccccc4-7)cc32)=CC(c2ccccc2)C1. The van der Waals surface area contributed by atoms with Gasteiger partial charge in [0.25, 0.3) is 0 Å². The minimum Gasteiger partial charge on any atom is -0.456 e. The molecule has 8 aromatic rings. The second kappa shape index (κ2) is 10.7. The summed E-state index contributed by atoms with van der Waals surface area (Å²) in [6.45, 7) is 0. The molecule has 1 saturated carbocycles. The van der Waals surface area contributed by atoms with Gasteiger partial charge in [0, 0.05) is 38.6 Å². The number of benzene rings is 6. The molecule has 11 rings (SSSR count). The highest BCUT2D eigenvalue weighted by Gasteiger charge is 2.44. The lowest BCUT2D eigenvalue weighted by atomic mass is 9.68. The first-order valence-electron chi connectivity index (χ1n) is 18.3. The molecule has 1 atom stereocenters. The van der Waals surface area contributed by atoms with E-state index in [0.717, 1.165) is 17.6 Å². The maximum Gasteiger partial charge on any atom is 0.136 e. The largest absolute Gasteiger partial charge is 0.456 e. The second-order valence-electron chi connectivity index (χ2n) is 14.7. The Morgan fingerprint density at radius 1 is 0.560 bits per heavy atom. The first-order chi connectivity index (χ1) is 24.7. The molecule has 0 bridgehead atoms. The number of allylic oxidation sites excluding steroid dienone is 4. The van der Waals surface area contributed by atoms with Crippen LogP contribution >= 0.6 is 0 Å². The van der Waals surface area contributed by atoms with Crippen LogP contribution in [0.25, 0.3) is 71.7 Å². The lowest BCUT2D eigenvalue weighted by Crippen LogP contribution is -2.27. The third-order valence-electron chi connectivity index (χ3n) is 12.1. The summed E-state index contributed by atoms with van der Waals surface area (Å²) in [7, 11) is 0. The lowest BCUT2D eigenvalue weighted by molar-refractivity contribution is 0.353. The smallest absolute Gasteiger partial charge is 0.136 e. The standard InChI is InChI=1S/C48H37NO/c1-3-12-31(13-4-1)32-14-11-15-35(26-32)49-44-19-8-6-17-37(44)38-22-20-34(28-45(38)49)33-21-23-46-40(27-33)41-29-43-39(30-47(41)50-46)36-16-5-7-18-42(36)48(43)24-9-2-10-25-48/h1,3-8,11-13,15-23,26-30,32H,2,9-10,14,24-25H2. The summed E-state index contributed by atoms with van der Waals surface area (Å²) in [6.07, 6.45) is 14.5. The summed E-state index contributed by atoms with van der Waals surface area (Å²) < 4.78 is 9.06. The van der Waals surface area contributed by atoms with Crippen LogP contribution in [0.1, 0.15) is 61.1 Å². The van der Waals surface area contributed by atoms with E-state index in [1.165, 1.54) is 109 Å². The van der Waals surface area contributed by atoms with Gasteiger partial charge in [-0.3, -0.25) is 0 Å². The van der Waals surface area contributed by atoms with Crippen LogP contribution in [-0.2, 0) is 5.41 Å². The molecular formula is C48H37NO. The van der Waals surface area contributed by atoms with Crippen molar-refractivity contribution in [1.82, 2.24) is 4.57 Å². The van der Waals surface area contributed by atoms with Gasteiger partial charge in [0.1, 0.15) is 11.2 Å². The van der Waals surface area contributed by atoms with E-state index < -0.39 is 0 Å². The molecule has 0 N–H and O–H groups in total. The summed E-state index contributed by atoms with van der Waals surface area (Å²) in [4.78, 5) is 0. The van der Waals surface area contributed by atoms with Crippen molar-refractivity contribution in [3.8, 4) is 22.3 Å². The van der Waals surface area contributed by atoms with Crippen molar-refractivity contribution in [1.29, 1.82) is 0 Å². The van der Waals surface area contributed by atoms with Gasteiger partial charge in [-0.15, -0.1) is 0 Å². The Hall–Kier alpha value is -5.60. The van der Waals surface area contributed by atoms with Crippen LogP contribution in [0.5, 0.6) is 0 Å². The summed E-state index contributed by atoms with van der Waals surface area (Å²) in [5.74, 6) is 0.356. The Labute approximate surface area is 292 Å². The first-order valence-corrected chi connectivity index (χ1v) is 18.3. The van der Waals surface area contributed by atoms with E-state index in [1.54, 1.807) is 0 Å². The van der Waals surface area contributed by atoms with Gasteiger partial charge >= 0.3 is 0 Å². The summed E-state index contributed by atoms with van der Waals surface area (Å²) in [5.41, 5.74) is 15.4. The molecule has 2 aromatic heterocycles. The number of hydrogen-bond acceptors (Lipinski definition) is 1. The molecule has 1 spiro atoms. The summed E-state index contributed by atoms with van der Waals surface area (Å²) in [6, 6.07) is 47.5. The van der Waals surface area contributed by atoms with E-state index in [-0.39, 0.29) is 5.41 Å². The highest BCUT2D eigenvalue weighted by Crippen LogP contribution is 2.57. The van der Waals surface area contributed by atoms with E-state index in [9.17, 15) is 0 Å². The van der Waals surface area contributed by atoms with E-state index in [4.69, 9.17) is 4.42 Å². The van der Waals surface area contributed by atoms with E-state index in [1.807, 2.05) is 0 Å². The van der Waals surface area contributed by atoms with Gasteiger partial charge in [-0.25, -0.2) is 0 Å². The van der Waals surface area contributed by atoms with Crippen LogP contribution in [-0.4, -0.2) is 4.57 Å². The second-order valence-corrected chi connectivity index (χ2v) is 14.7. The van der Waals surface area contributed by atoms with Crippen LogP contribution in [0, 0.1) is 0 Å². The quantitative estimate of drug-likeness (QED) is 0.187. The number of hydrogen-bond donors (Lipinski definition) is 0. The molecule has 3 aliphatic carbocycles. The van der Waals surface area contributed by atoms with Crippen molar-refractivity contribution in [2.75, 3.05) is 0 Å². The topological polar surface area (TPSA) is 18.1 Å². The molecule has 50 heavy (non-hydrogen) atoms. The van der Waals surface area contributed by atoms with E-state index in [2.05, 4.69) is 150 Å². The van der Waals surface area contributed by atoms with Crippen molar-refractivity contribution in [2.24, 2.45) is 0 Å². The zero-order chi connectivity index (χ0) is 32.8. The van der Waals surface area contributed by atoms with Crippen molar-refractivity contribution in [2.45, 2.75) is 49.9 Å². The molecule has 0 radical (unpaired) electrons. The number of nitrogens with zero attached hydrogens (tertiary/aromatic N) is 1. The third kappa shape index (κ3) is 4.02. The Bertz CT molecular complexity index is 2710. The highest BCUT2D eigenvalue weighted by molar-refractivity contribution is 6.12. The molecule has 2 heterocycles. The molecule has 1 unspecified atom stereocenters. The minimum absolute atomic E-state index is 0.125. The van der Waals surface area contributed by atoms with E-state index in [0.29, 0.717) is 5.92 Å². The number of rotatable bonds is 3. The highest BCUT2D eigenvalue weighted by atomic mass is 16.3. The fourth-order valence-electron chi connectivity index (χ4n) is 9.77. The van der Waals surface area contributed by atoms with E-state index >= 15 is 0 Å². The van der Waals surface area contributed by atoms with Gasteiger partial charge in [-0.2, -0.15) is 0 Å². The van der Waals surface area contributed by atoms with Crippen molar-refractivity contribution >= 4 is 49.4 Å². The molecule has 240 valence electrons. The van der Waals surface area contributed by atoms with Crippen LogP contribution in [0.2, 0.25) is 0 Å². The maximum absolute atomic E-state index is 6.60. The Balaban J connectivity index is 1.07. The molecule has 2 heteroatoms. The fraction of sp³-hybridized carbons (Fsp3) is 0.167. The predicted molar refractivity (Wildman–Crippen MR) is 209 cm³/mol. The third-order valence-corrected chi connectivity index (χ3v) is 12.1. The van der Waals surface area contributed by atoms with Gasteiger partial charge in [0.05, 0.1) is 11.0 Å². The summed E-state index contributed by atoms with van der Waals surface area (Å²) >= 11 is 0. The van der Waals surface area contributed by atoms with Crippen LogP contribution in [0.3, 0.4) is 0 Å². The predicted octanol–water partition coefficient (Wildman–Crippen LogP) is 13.2. The zero-order valence-electron chi connectivity index (χ0n) is 28.0. The Morgan fingerprint density at radius 2 is 1.32 bits per heavy atom. The van der Waals surface area contributed by atoms with Crippen LogP contribution < -0.4 is 0 Å². The average molecular weight is 644 g/mol. The van der Waals surface area contributed by atoms with Gasteiger partial charge in [-0.1, -0.05) is 122 Å². The number of furan rings is 1. The van der Waals surface area contributed by atoms with Crippen molar-refractivity contribution < 1.29 is 4.42 Å². The first kappa shape index (κ1) is 28.3. The van der Waals surface area contributed by atoms with Gasteiger partial charge in [0.15, 0.2) is 0 Å². The number of aromatic nitrogens is 1. The molecule has 0 saturated heterocycles. The summed E-state index contributed by atoms with van der Waals surface area (Å²) in [5, 5.41) is 5.00. The van der Waals surface area contributed by atoms with Crippen molar-refractivity contribution in [3.63, 3.8) is 0 Å². The lowest BCUT2D eigenvalue weighted by Gasteiger charge is -2.35. The molecule has 3 aliphatic rings. The van der Waals surface area contributed by atoms with Gasteiger partial charge in [-0.05, 0) is 101 Å². The number of fused-ring (bicyclic) bond motifs is 11. The molecule has 1 fully saturated rings. The number of para-hydroxylation sites is 1. The van der Waals surface area contributed by atoms with Gasteiger partial charge in [0.2, 0.25) is 0 Å². The Morgan fingerprint density at radius 3 is 2.24 bits per heavy atom. The minimum atomic E-state index is 0.125. The monoisotopic (exact) mass is 643 g/mol. The molecule has 2 nitrogen and oxygen atoms in total. The normalized spacial score (nSPS) is 17.9. The Kier molecular flexibility index (Phi) is 6.05. The fourth-order valence-corrected chi connectivity index (χ4v) is 9.77. The molecular weight excluding hydrogens is 607 g/mol. The zero-order valence-corrected chi connectivity index (χ0v) is 28.0. The molecule has 6 aromatic carbocycles. The molecule has 0 amide bonds. The van der Waals surface area contributed by atoms with Crippen molar-refractivity contribution in [3.05, 3.63) is 162 Å². The van der Waals surface area contributed by atoms with Crippen LogP contribution in [0.4, 0.5) is 0 Å². The van der Waals surface area contributed by atoms with Crippen LogP contribution in [0.15, 0.2) is 150 Å². The average Bonchev–Trinajstić information content (AvgIpc) is 3.80. The maximum atomic E-state index is 6.60. The molecule has 0 aliphatic heterocycles.